The van der Waals surface area contributed by atoms with Crippen LogP contribution in [0.5, 0.6) is 0 Å². The van der Waals surface area contributed by atoms with Crippen molar-refractivity contribution in [1.29, 1.82) is 0 Å². The molecular weight excluding hydrogens is 322 g/mol. The molecule has 1 aromatic heterocycles. The van der Waals surface area contributed by atoms with Gasteiger partial charge in [-0.25, -0.2) is 0 Å². The zero-order valence-electron chi connectivity index (χ0n) is 11.7. The van der Waals surface area contributed by atoms with E-state index in [4.69, 9.17) is 4.74 Å². The molecule has 0 radical (unpaired) electrons. The van der Waals surface area contributed by atoms with Crippen LogP contribution in [0.25, 0.3) is 0 Å². The van der Waals surface area contributed by atoms with E-state index >= 15 is 0 Å². The van der Waals surface area contributed by atoms with E-state index in [0.29, 0.717) is 12.1 Å². The van der Waals surface area contributed by atoms with Gasteiger partial charge in [-0.1, -0.05) is 6.92 Å². The van der Waals surface area contributed by atoms with Gasteiger partial charge in [-0.05, 0) is 73.1 Å². The Hall–Kier alpha value is 0.1000. The highest BCUT2D eigenvalue weighted by molar-refractivity contribution is 9.11. The van der Waals surface area contributed by atoms with E-state index in [1.54, 1.807) is 0 Å². The maximum Gasteiger partial charge on any atom is 0.0701 e. The van der Waals surface area contributed by atoms with Gasteiger partial charge in [0.25, 0.3) is 0 Å². The summed E-state index contributed by atoms with van der Waals surface area (Å²) in [7, 11) is 0. The van der Waals surface area contributed by atoms with E-state index in [9.17, 15) is 0 Å². The van der Waals surface area contributed by atoms with Gasteiger partial charge in [-0.2, -0.15) is 0 Å². The van der Waals surface area contributed by atoms with E-state index in [1.165, 1.54) is 40.8 Å². The van der Waals surface area contributed by atoms with Crippen LogP contribution < -0.4 is 5.32 Å². The smallest absolute Gasteiger partial charge is 0.0701 e. The first-order valence-corrected chi connectivity index (χ1v) is 8.98. The second-order valence-electron chi connectivity index (χ2n) is 5.27. The molecule has 19 heavy (non-hydrogen) atoms. The van der Waals surface area contributed by atoms with Crippen molar-refractivity contribution in [2.24, 2.45) is 0 Å². The Kier molecular flexibility index (Phi) is 6.85. The van der Waals surface area contributed by atoms with Gasteiger partial charge in [0.2, 0.25) is 0 Å². The van der Waals surface area contributed by atoms with Crippen LogP contribution in [-0.2, 0) is 11.2 Å². The van der Waals surface area contributed by atoms with Crippen LogP contribution in [0.1, 0.15) is 43.9 Å². The lowest BCUT2D eigenvalue weighted by atomic mass is 10.0. The van der Waals surface area contributed by atoms with Crippen LogP contribution in [-0.4, -0.2) is 25.3 Å². The number of hydrogen-bond donors (Lipinski definition) is 1. The molecule has 2 nitrogen and oxygen atoms in total. The van der Waals surface area contributed by atoms with Gasteiger partial charge in [0, 0.05) is 17.5 Å². The Bertz CT molecular complexity index is 363. The molecule has 2 heterocycles. The van der Waals surface area contributed by atoms with Gasteiger partial charge in [0.1, 0.15) is 0 Å². The van der Waals surface area contributed by atoms with Gasteiger partial charge in [-0.3, -0.25) is 0 Å². The summed E-state index contributed by atoms with van der Waals surface area (Å²) in [6.45, 7) is 4.31. The van der Waals surface area contributed by atoms with E-state index in [2.05, 4.69) is 40.3 Å². The van der Waals surface area contributed by atoms with Gasteiger partial charge in [0.05, 0.1) is 9.89 Å². The normalized spacial score (nSPS) is 20.8. The topological polar surface area (TPSA) is 21.3 Å². The van der Waals surface area contributed by atoms with E-state index < -0.39 is 0 Å². The summed E-state index contributed by atoms with van der Waals surface area (Å²) >= 11 is 5.40. The highest BCUT2D eigenvalue weighted by atomic mass is 79.9. The fourth-order valence-corrected chi connectivity index (χ4v) is 4.15. The molecule has 1 N–H and O–H groups in total. The zero-order chi connectivity index (χ0) is 13.5. The van der Waals surface area contributed by atoms with Crippen LogP contribution in [0.2, 0.25) is 0 Å². The number of hydrogen-bond acceptors (Lipinski definition) is 3. The SMILES string of the molecule is CCCNC(CCC1CCCO1)Cc1ccc(Br)s1. The maximum absolute atomic E-state index is 5.73. The molecule has 108 valence electrons. The lowest BCUT2D eigenvalue weighted by Crippen LogP contribution is -2.32. The fraction of sp³-hybridized carbons (Fsp3) is 0.733. The summed E-state index contributed by atoms with van der Waals surface area (Å²) in [5.41, 5.74) is 0. The Balaban J connectivity index is 1.79. The van der Waals surface area contributed by atoms with Gasteiger partial charge in [0.15, 0.2) is 0 Å². The third-order valence-electron chi connectivity index (χ3n) is 3.62. The molecule has 1 saturated heterocycles. The minimum atomic E-state index is 0.515. The van der Waals surface area contributed by atoms with E-state index in [1.807, 2.05) is 11.3 Å². The van der Waals surface area contributed by atoms with Crippen molar-refractivity contribution in [3.05, 3.63) is 20.8 Å². The maximum atomic E-state index is 5.73. The number of nitrogens with one attached hydrogen (secondary N) is 1. The van der Waals surface area contributed by atoms with Crippen LogP contribution in [0, 0.1) is 0 Å². The summed E-state index contributed by atoms with van der Waals surface area (Å²) in [6.07, 6.45) is 7.78. The largest absolute Gasteiger partial charge is 0.378 e. The Morgan fingerprint density at radius 1 is 1.53 bits per heavy atom. The fourth-order valence-electron chi connectivity index (χ4n) is 2.59. The van der Waals surface area contributed by atoms with Crippen molar-refractivity contribution < 1.29 is 4.74 Å². The quantitative estimate of drug-likeness (QED) is 0.754. The second-order valence-corrected chi connectivity index (χ2v) is 7.82. The van der Waals surface area contributed by atoms with E-state index in [-0.39, 0.29) is 0 Å². The number of ether oxygens (including phenoxy) is 1. The lowest BCUT2D eigenvalue weighted by Gasteiger charge is -2.19. The summed E-state index contributed by atoms with van der Waals surface area (Å²) in [6, 6.07) is 4.98. The van der Waals surface area contributed by atoms with Crippen molar-refractivity contribution in [3.63, 3.8) is 0 Å². The van der Waals surface area contributed by atoms with Crippen molar-refractivity contribution in [2.45, 2.75) is 57.6 Å². The van der Waals surface area contributed by atoms with Gasteiger partial charge >= 0.3 is 0 Å². The molecule has 0 aliphatic carbocycles. The predicted octanol–water partition coefficient (Wildman–Crippen LogP) is 4.38. The van der Waals surface area contributed by atoms with Crippen LogP contribution in [0.3, 0.4) is 0 Å². The number of halogens is 1. The van der Waals surface area contributed by atoms with Crippen molar-refractivity contribution in [2.75, 3.05) is 13.2 Å². The molecule has 0 saturated carbocycles. The molecule has 1 aliphatic heterocycles. The van der Waals surface area contributed by atoms with Crippen molar-refractivity contribution in [3.8, 4) is 0 Å². The Morgan fingerprint density at radius 3 is 3.05 bits per heavy atom. The average molecular weight is 346 g/mol. The predicted molar refractivity (Wildman–Crippen MR) is 86.0 cm³/mol. The Labute approximate surface area is 129 Å². The van der Waals surface area contributed by atoms with Crippen LogP contribution in [0.4, 0.5) is 0 Å². The number of thiophene rings is 1. The molecular formula is C15H24BrNOS. The summed E-state index contributed by atoms with van der Waals surface area (Å²) in [5, 5.41) is 3.69. The molecule has 1 fully saturated rings. The van der Waals surface area contributed by atoms with Gasteiger partial charge < -0.3 is 10.1 Å². The Morgan fingerprint density at radius 2 is 2.42 bits per heavy atom. The average Bonchev–Trinajstić information content (AvgIpc) is 3.04. The summed E-state index contributed by atoms with van der Waals surface area (Å²) in [4.78, 5) is 1.47. The monoisotopic (exact) mass is 345 g/mol. The first-order valence-electron chi connectivity index (χ1n) is 7.37. The molecule has 2 rings (SSSR count). The minimum Gasteiger partial charge on any atom is -0.378 e. The molecule has 4 heteroatoms. The first-order chi connectivity index (χ1) is 9.28. The minimum absolute atomic E-state index is 0.515. The van der Waals surface area contributed by atoms with Crippen LogP contribution >= 0.6 is 27.3 Å². The molecule has 2 unspecified atom stereocenters. The molecule has 0 aromatic carbocycles. The third-order valence-corrected chi connectivity index (χ3v) is 5.27. The standard InChI is InChI=1S/C15H24BrNOS/c1-2-9-17-12(5-6-13-4-3-10-18-13)11-14-7-8-15(16)19-14/h7-8,12-13,17H,2-6,9-11H2,1H3. The summed E-state index contributed by atoms with van der Waals surface area (Å²) in [5.74, 6) is 0. The second kappa shape index (κ2) is 8.40. The summed E-state index contributed by atoms with van der Waals surface area (Å²) < 4.78 is 6.96. The molecule has 0 bridgehead atoms. The third kappa shape index (κ3) is 5.54. The van der Waals surface area contributed by atoms with Gasteiger partial charge in [-0.15, -0.1) is 11.3 Å². The molecule has 0 spiro atoms. The number of rotatable bonds is 8. The van der Waals surface area contributed by atoms with Crippen molar-refractivity contribution >= 4 is 27.3 Å². The molecule has 0 amide bonds. The lowest BCUT2D eigenvalue weighted by molar-refractivity contribution is 0.0996. The molecule has 1 aromatic rings. The highest BCUT2D eigenvalue weighted by Crippen LogP contribution is 2.25. The zero-order valence-corrected chi connectivity index (χ0v) is 14.1. The van der Waals surface area contributed by atoms with Crippen LogP contribution in [0.15, 0.2) is 15.9 Å². The highest BCUT2D eigenvalue weighted by Gasteiger charge is 2.18. The van der Waals surface area contributed by atoms with E-state index in [0.717, 1.165) is 19.6 Å². The molecule has 2 atom stereocenters. The van der Waals surface area contributed by atoms with Crippen molar-refractivity contribution in [1.82, 2.24) is 5.32 Å². The molecule has 1 aliphatic rings. The first kappa shape index (κ1) is 15.5.